The lowest BCUT2D eigenvalue weighted by Crippen LogP contribution is -2.44. The molecule has 0 aliphatic carbocycles. The van der Waals surface area contributed by atoms with Crippen molar-refractivity contribution in [2.24, 2.45) is 7.05 Å². The molecule has 0 bridgehead atoms. The van der Waals surface area contributed by atoms with Gasteiger partial charge in [0.05, 0.1) is 24.3 Å². The summed E-state index contributed by atoms with van der Waals surface area (Å²) in [5.41, 5.74) is 2.42. The quantitative estimate of drug-likeness (QED) is 0.798. The van der Waals surface area contributed by atoms with Crippen molar-refractivity contribution < 1.29 is 19.1 Å². The number of aromatic nitrogens is 2. The Bertz CT molecular complexity index is 894. The Labute approximate surface area is 157 Å². The van der Waals surface area contributed by atoms with E-state index in [9.17, 15) is 9.59 Å². The first-order chi connectivity index (χ1) is 13.0. The molecular weight excluding hydrogens is 348 g/mol. The van der Waals surface area contributed by atoms with Crippen LogP contribution in [0, 0.1) is 0 Å². The van der Waals surface area contributed by atoms with Gasteiger partial charge in [0.1, 0.15) is 18.5 Å². The van der Waals surface area contributed by atoms with Crippen molar-refractivity contribution in [3.8, 4) is 16.9 Å². The van der Waals surface area contributed by atoms with Gasteiger partial charge in [0, 0.05) is 39.5 Å². The monoisotopic (exact) mass is 370 g/mol. The molecule has 3 heterocycles. The first-order valence-electron chi connectivity index (χ1n) is 8.81. The predicted molar refractivity (Wildman–Crippen MR) is 97.4 cm³/mol. The first-order valence-corrected chi connectivity index (χ1v) is 8.81. The van der Waals surface area contributed by atoms with E-state index in [1.165, 1.54) is 7.11 Å². The van der Waals surface area contributed by atoms with Crippen molar-refractivity contribution in [1.29, 1.82) is 0 Å². The van der Waals surface area contributed by atoms with Gasteiger partial charge in [0.2, 0.25) is 5.91 Å². The van der Waals surface area contributed by atoms with E-state index in [4.69, 9.17) is 9.47 Å². The summed E-state index contributed by atoms with van der Waals surface area (Å²) in [7, 11) is 5.11. The van der Waals surface area contributed by atoms with Crippen molar-refractivity contribution in [3.63, 3.8) is 0 Å². The van der Waals surface area contributed by atoms with Crippen molar-refractivity contribution in [1.82, 2.24) is 19.6 Å². The zero-order chi connectivity index (χ0) is 19.1. The molecule has 1 aromatic carbocycles. The molecule has 142 valence electrons. The number of amides is 2. The van der Waals surface area contributed by atoms with E-state index in [0.29, 0.717) is 24.4 Å². The summed E-state index contributed by atoms with van der Waals surface area (Å²) in [6.07, 6.45) is 3.41. The molecule has 27 heavy (non-hydrogen) atoms. The Balaban J connectivity index is 1.66. The molecule has 4 rings (SSSR count). The summed E-state index contributed by atoms with van der Waals surface area (Å²) < 4.78 is 12.9. The maximum atomic E-state index is 12.9. The van der Waals surface area contributed by atoms with Crippen LogP contribution in [-0.4, -0.2) is 77.4 Å². The average molecular weight is 370 g/mol. The fourth-order valence-corrected chi connectivity index (χ4v) is 3.71. The van der Waals surface area contributed by atoms with Gasteiger partial charge < -0.3 is 19.3 Å². The van der Waals surface area contributed by atoms with Gasteiger partial charge in [-0.15, -0.1) is 0 Å². The number of benzene rings is 1. The van der Waals surface area contributed by atoms with Gasteiger partial charge in [0.15, 0.2) is 0 Å². The topological polar surface area (TPSA) is 76.9 Å². The van der Waals surface area contributed by atoms with E-state index < -0.39 is 0 Å². The molecule has 0 spiro atoms. The van der Waals surface area contributed by atoms with Crippen molar-refractivity contribution in [2.75, 3.05) is 33.9 Å². The van der Waals surface area contributed by atoms with Crippen LogP contribution in [-0.2, 0) is 16.6 Å². The molecule has 1 aromatic heterocycles. The number of fused-ring (bicyclic) bond motifs is 2. The molecular formula is C19H22N4O4. The maximum Gasteiger partial charge on any atom is 0.257 e. The van der Waals surface area contributed by atoms with E-state index >= 15 is 0 Å². The number of carbonyl (C=O) groups is 2. The Morgan fingerprint density at radius 2 is 2.11 bits per heavy atom. The summed E-state index contributed by atoms with van der Waals surface area (Å²) >= 11 is 0. The van der Waals surface area contributed by atoms with Crippen LogP contribution < -0.4 is 4.74 Å². The number of rotatable bonds is 3. The van der Waals surface area contributed by atoms with E-state index in [0.717, 1.165) is 11.1 Å². The molecule has 2 aliphatic heterocycles. The number of methoxy groups -OCH3 is 1. The standard InChI is InChI=1S/C19H22N4O4/c1-21-8-13(7-20-21)12-4-5-14-16(6-12)27-17-10-23(18(24)11-26-3)9-15(17)22(2)19(14)25/h4-8,15,17H,9-11H2,1-3H3. The van der Waals surface area contributed by atoms with Crippen LogP contribution in [0.3, 0.4) is 0 Å². The minimum absolute atomic E-state index is 0.0266. The second kappa shape index (κ2) is 6.70. The van der Waals surface area contributed by atoms with Gasteiger partial charge in [-0.05, 0) is 17.7 Å². The number of carbonyl (C=O) groups excluding carboxylic acids is 2. The van der Waals surface area contributed by atoms with E-state index in [2.05, 4.69) is 5.10 Å². The highest BCUT2D eigenvalue weighted by molar-refractivity contribution is 5.98. The second-order valence-corrected chi connectivity index (χ2v) is 6.99. The molecule has 0 N–H and O–H groups in total. The molecule has 2 atom stereocenters. The van der Waals surface area contributed by atoms with E-state index in [1.807, 2.05) is 25.4 Å². The van der Waals surface area contributed by atoms with Crippen LogP contribution in [0.4, 0.5) is 0 Å². The summed E-state index contributed by atoms with van der Waals surface area (Å²) in [6.45, 7) is 0.901. The minimum Gasteiger partial charge on any atom is -0.485 e. The number of likely N-dealkylation sites (tertiary alicyclic amines) is 1. The third-order valence-corrected chi connectivity index (χ3v) is 5.20. The molecule has 8 heteroatoms. The highest BCUT2D eigenvalue weighted by Gasteiger charge is 2.43. The summed E-state index contributed by atoms with van der Waals surface area (Å²) in [6, 6.07) is 5.39. The number of hydrogen-bond acceptors (Lipinski definition) is 5. The summed E-state index contributed by atoms with van der Waals surface area (Å²) in [4.78, 5) is 28.5. The zero-order valence-corrected chi connectivity index (χ0v) is 15.6. The molecule has 2 unspecified atom stereocenters. The maximum absolute atomic E-state index is 12.9. The van der Waals surface area contributed by atoms with Crippen molar-refractivity contribution >= 4 is 11.8 Å². The van der Waals surface area contributed by atoms with Crippen LogP contribution >= 0.6 is 0 Å². The molecule has 2 aliphatic rings. The Hall–Kier alpha value is -2.87. The molecule has 1 fully saturated rings. The number of ether oxygens (including phenoxy) is 2. The Morgan fingerprint density at radius 1 is 1.30 bits per heavy atom. The second-order valence-electron chi connectivity index (χ2n) is 6.99. The summed E-state index contributed by atoms with van der Waals surface area (Å²) in [5, 5.41) is 4.20. The van der Waals surface area contributed by atoms with Crippen molar-refractivity contribution in [3.05, 3.63) is 36.2 Å². The molecule has 1 saturated heterocycles. The zero-order valence-electron chi connectivity index (χ0n) is 15.6. The first kappa shape index (κ1) is 17.5. The lowest BCUT2D eigenvalue weighted by Gasteiger charge is -2.24. The van der Waals surface area contributed by atoms with Crippen LogP contribution in [0.5, 0.6) is 5.75 Å². The lowest BCUT2D eigenvalue weighted by molar-refractivity contribution is -0.134. The van der Waals surface area contributed by atoms with Crippen molar-refractivity contribution in [2.45, 2.75) is 12.1 Å². The molecule has 8 nitrogen and oxygen atoms in total. The number of aryl methyl sites for hydroxylation is 1. The highest BCUT2D eigenvalue weighted by Crippen LogP contribution is 2.34. The molecule has 2 amide bonds. The van der Waals surface area contributed by atoms with Gasteiger partial charge in [0.25, 0.3) is 5.91 Å². The Morgan fingerprint density at radius 3 is 2.81 bits per heavy atom. The Kier molecular flexibility index (Phi) is 4.35. The van der Waals surface area contributed by atoms with Gasteiger partial charge in [-0.25, -0.2) is 0 Å². The third kappa shape index (κ3) is 3.06. The summed E-state index contributed by atoms with van der Waals surface area (Å²) in [5.74, 6) is 0.345. The normalized spacial score (nSPS) is 21.5. The highest BCUT2D eigenvalue weighted by atomic mass is 16.5. The largest absolute Gasteiger partial charge is 0.485 e. The van der Waals surface area contributed by atoms with E-state index in [-0.39, 0.29) is 30.6 Å². The minimum atomic E-state index is -0.273. The molecule has 0 radical (unpaired) electrons. The predicted octanol–water partition coefficient (Wildman–Crippen LogP) is 0.777. The van der Waals surface area contributed by atoms with Gasteiger partial charge in [-0.2, -0.15) is 5.10 Å². The van der Waals surface area contributed by atoms with Crippen LogP contribution in [0.25, 0.3) is 11.1 Å². The fourth-order valence-electron chi connectivity index (χ4n) is 3.71. The van der Waals surface area contributed by atoms with Gasteiger partial charge in [-0.3, -0.25) is 14.3 Å². The number of hydrogen-bond donors (Lipinski definition) is 0. The van der Waals surface area contributed by atoms with Crippen LogP contribution in [0.15, 0.2) is 30.6 Å². The third-order valence-electron chi connectivity index (χ3n) is 5.20. The molecule has 2 aromatic rings. The van der Waals surface area contributed by atoms with E-state index in [1.54, 1.807) is 33.8 Å². The van der Waals surface area contributed by atoms with Crippen LogP contribution in [0.1, 0.15) is 10.4 Å². The fraction of sp³-hybridized carbons (Fsp3) is 0.421. The van der Waals surface area contributed by atoms with Crippen LogP contribution in [0.2, 0.25) is 0 Å². The SMILES string of the molecule is COCC(=O)N1CC2Oc3cc(-c4cnn(C)c4)ccc3C(=O)N(C)C2C1. The smallest absolute Gasteiger partial charge is 0.257 e. The lowest BCUT2D eigenvalue weighted by atomic mass is 10.1. The van der Waals surface area contributed by atoms with Gasteiger partial charge >= 0.3 is 0 Å². The number of nitrogens with zero attached hydrogens (tertiary/aromatic N) is 4. The molecule has 0 saturated carbocycles. The average Bonchev–Trinajstić information content (AvgIpc) is 3.25. The number of likely N-dealkylation sites (N-methyl/N-ethyl adjacent to an activating group) is 1. The van der Waals surface area contributed by atoms with Gasteiger partial charge in [-0.1, -0.05) is 6.07 Å².